The van der Waals surface area contributed by atoms with Gasteiger partial charge < -0.3 is 10.2 Å². The summed E-state index contributed by atoms with van der Waals surface area (Å²) in [5.41, 5.74) is 0. The summed E-state index contributed by atoms with van der Waals surface area (Å²) < 4.78 is 26.7. The molecule has 2 aliphatic rings. The topological polar surface area (TPSA) is 86.8 Å². The molecule has 1 aliphatic heterocycles. The smallest absolute Gasteiger partial charge is 0.243 e. The van der Waals surface area contributed by atoms with Crippen molar-refractivity contribution in [3.8, 4) is 0 Å². The zero-order chi connectivity index (χ0) is 20.7. The Morgan fingerprint density at radius 3 is 2.24 bits per heavy atom. The van der Waals surface area contributed by atoms with Gasteiger partial charge in [-0.25, -0.2) is 8.42 Å². The Bertz CT molecular complexity index is 783. The Morgan fingerprint density at radius 2 is 1.59 bits per heavy atom. The fraction of sp³-hybridized carbons (Fsp3) is 0.619. The van der Waals surface area contributed by atoms with E-state index in [1.54, 1.807) is 35.2 Å². The first-order valence-electron chi connectivity index (χ1n) is 10.6. The quantitative estimate of drug-likeness (QED) is 0.730. The molecule has 1 saturated carbocycles. The molecule has 1 aliphatic carbocycles. The molecule has 7 nitrogen and oxygen atoms in total. The van der Waals surface area contributed by atoms with Crippen molar-refractivity contribution in [2.45, 2.75) is 49.8 Å². The second kappa shape index (κ2) is 10.2. The van der Waals surface area contributed by atoms with E-state index in [4.69, 9.17) is 0 Å². The molecule has 2 amide bonds. The average Bonchev–Trinajstić information content (AvgIpc) is 2.77. The first-order chi connectivity index (χ1) is 14.0. The molecule has 0 unspecified atom stereocenters. The molecule has 0 aromatic heterocycles. The summed E-state index contributed by atoms with van der Waals surface area (Å²) in [5, 5.41) is 2.96. The largest absolute Gasteiger partial charge is 0.356 e. The normalized spacial score (nSPS) is 19.1. The summed E-state index contributed by atoms with van der Waals surface area (Å²) in [6.45, 7) is 1.97. The highest BCUT2D eigenvalue weighted by molar-refractivity contribution is 7.89. The molecule has 0 bridgehead atoms. The lowest BCUT2D eigenvalue weighted by Gasteiger charge is -2.34. The van der Waals surface area contributed by atoms with Gasteiger partial charge in [0, 0.05) is 45.6 Å². The van der Waals surface area contributed by atoms with E-state index in [1.165, 1.54) is 36.4 Å². The van der Waals surface area contributed by atoms with E-state index in [9.17, 15) is 18.0 Å². The highest BCUT2D eigenvalue weighted by Crippen LogP contribution is 2.22. The minimum Gasteiger partial charge on any atom is -0.356 e. The molecule has 29 heavy (non-hydrogen) atoms. The fourth-order valence-electron chi connectivity index (χ4n) is 4.04. The van der Waals surface area contributed by atoms with Gasteiger partial charge in [0.1, 0.15) is 0 Å². The van der Waals surface area contributed by atoms with E-state index < -0.39 is 10.0 Å². The van der Waals surface area contributed by atoms with Crippen LogP contribution in [0.15, 0.2) is 35.2 Å². The number of benzene rings is 1. The van der Waals surface area contributed by atoms with Crippen LogP contribution in [0, 0.1) is 5.92 Å². The molecule has 0 spiro atoms. The van der Waals surface area contributed by atoms with Crippen LogP contribution in [0.4, 0.5) is 0 Å². The van der Waals surface area contributed by atoms with Crippen LogP contribution in [-0.2, 0) is 19.6 Å². The zero-order valence-corrected chi connectivity index (χ0v) is 17.7. The second-order valence-corrected chi connectivity index (χ2v) is 9.84. The van der Waals surface area contributed by atoms with Crippen molar-refractivity contribution in [3.63, 3.8) is 0 Å². The van der Waals surface area contributed by atoms with Gasteiger partial charge in [-0.05, 0) is 30.9 Å². The summed E-state index contributed by atoms with van der Waals surface area (Å²) in [4.78, 5) is 26.4. The van der Waals surface area contributed by atoms with Gasteiger partial charge in [-0.3, -0.25) is 9.59 Å². The second-order valence-electron chi connectivity index (χ2n) is 7.91. The van der Waals surface area contributed by atoms with E-state index in [0.717, 1.165) is 0 Å². The van der Waals surface area contributed by atoms with Crippen molar-refractivity contribution in [2.75, 3.05) is 32.7 Å². The summed E-state index contributed by atoms with van der Waals surface area (Å²) in [6.07, 6.45) is 6.48. The highest BCUT2D eigenvalue weighted by atomic mass is 32.2. The molecule has 3 rings (SSSR count). The summed E-state index contributed by atoms with van der Waals surface area (Å²) in [5.74, 6) is 0.409. The van der Waals surface area contributed by atoms with E-state index >= 15 is 0 Å². The number of nitrogens with one attached hydrogen (secondary N) is 1. The van der Waals surface area contributed by atoms with E-state index in [1.807, 2.05) is 0 Å². The number of rotatable bonds is 7. The van der Waals surface area contributed by atoms with Crippen molar-refractivity contribution in [1.82, 2.24) is 14.5 Å². The third kappa shape index (κ3) is 6.02. The van der Waals surface area contributed by atoms with Gasteiger partial charge in [0.2, 0.25) is 21.8 Å². The van der Waals surface area contributed by atoms with Gasteiger partial charge >= 0.3 is 0 Å². The van der Waals surface area contributed by atoms with Gasteiger partial charge in [-0.15, -0.1) is 0 Å². The highest BCUT2D eigenvalue weighted by Gasteiger charge is 2.30. The summed E-state index contributed by atoms with van der Waals surface area (Å²) in [7, 11) is -3.52. The van der Waals surface area contributed by atoms with Gasteiger partial charge in [-0.1, -0.05) is 37.5 Å². The lowest BCUT2D eigenvalue weighted by Crippen LogP contribution is -2.50. The van der Waals surface area contributed by atoms with E-state index in [-0.39, 0.29) is 42.6 Å². The van der Waals surface area contributed by atoms with Crippen LogP contribution >= 0.6 is 0 Å². The number of sulfonamides is 1. The molecule has 2 fully saturated rings. The Labute approximate surface area is 173 Å². The van der Waals surface area contributed by atoms with Gasteiger partial charge in [0.15, 0.2) is 0 Å². The number of carbonyl (C=O) groups excluding carboxylic acids is 2. The van der Waals surface area contributed by atoms with Gasteiger partial charge in [-0.2, -0.15) is 4.31 Å². The van der Waals surface area contributed by atoms with Crippen molar-refractivity contribution in [3.05, 3.63) is 30.3 Å². The zero-order valence-electron chi connectivity index (χ0n) is 16.9. The Balaban J connectivity index is 1.39. The molecular formula is C21H31N3O4S. The van der Waals surface area contributed by atoms with Crippen molar-refractivity contribution in [1.29, 1.82) is 0 Å². The van der Waals surface area contributed by atoms with Crippen LogP contribution in [0.5, 0.6) is 0 Å². The van der Waals surface area contributed by atoms with Gasteiger partial charge in [0.05, 0.1) is 4.90 Å². The van der Waals surface area contributed by atoms with Gasteiger partial charge in [0.25, 0.3) is 0 Å². The van der Waals surface area contributed by atoms with Crippen LogP contribution in [0.1, 0.15) is 44.9 Å². The average molecular weight is 422 g/mol. The minimum absolute atomic E-state index is 0.0748. The molecule has 0 atom stereocenters. The molecule has 1 aromatic rings. The standard InChI is InChI=1S/C21H31N3O4S/c25-20(22-17-18-7-3-1-4-8-18)11-12-21(26)23-13-15-24(16-14-23)29(27,28)19-9-5-2-6-10-19/h2,5-6,9-10,18H,1,3-4,7-8,11-17H2,(H,22,25). The number of hydrogen-bond donors (Lipinski definition) is 1. The Kier molecular flexibility index (Phi) is 7.66. The maximum atomic E-state index is 12.7. The number of nitrogens with zero attached hydrogens (tertiary/aromatic N) is 2. The van der Waals surface area contributed by atoms with E-state index in [2.05, 4.69) is 5.32 Å². The lowest BCUT2D eigenvalue weighted by molar-refractivity contribution is -0.134. The lowest BCUT2D eigenvalue weighted by atomic mass is 9.89. The van der Waals surface area contributed by atoms with Crippen molar-refractivity contribution in [2.24, 2.45) is 5.92 Å². The maximum Gasteiger partial charge on any atom is 0.243 e. The summed E-state index contributed by atoms with van der Waals surface area (Å²) in [6, 6.07) is 8.34. The maximum absolute atomic E-state index is 12.7. The van der Waals surface area contributed by atoms with Crippen molar-refractivity contribution >= 4 is 21.8 Å². The number of amides is 2. The SMILES string of the molecule is O=C(CCC(=O)N1CCN(S(=O)(=O)c2ccccc2)CC1)NCC1CCCCC1. The Morgan fingerprint density at radius 1 is 0.931 bits per heavy atom. The van der Waals surface area contributed by atoms with Crippen LogP contribution < -0.4 is 5.32 Å². The number of carbonyl (C=O) groups is 2. The van der Waals surface area contributed by atoms with Crippen LogP contribution in [-0.4, -0.2) is 62.2 Å². The third-order valence-electron chi connectivity index (χ3n) is 5.85. The predicted octanol–water partition coefficient (Wildman–Crippen LogP) is 2.00. The molecule has 1 aromatic carbocycles. The number of piperazine rings is 1. The van der Waals surface area contributed by atoms with Crippen molar-refractivity contribution < 1.29 is 18.0 Å². The third-order valence-corrected chi connectivity index (χ3v) is 7.76. The fourth-order valence-corrected chi connectivity index (χ4v) is 5.48. The first kappa shape index (κ1) is 21.8. The van der Waals surface area contributed by atoms with Crippen LogP contribution in [0.2, 0.25) is 0 Å². The number of hydrogen-bond acceptors (Lipinski definition) is 4. The molecule has 8 heteroatoms. The molecule has 1 heterocycles. The molecule has 1 saturated heterocycles. The van der Waals surface area contributed by atoms with Crippen LogP contribution in [0.3, 0.4) is 0 Å². The minimum atomic E-state index is -3.52. The molecular weight excluding hydrogens is 390 g/mol. The molecule has 1 N–H and O–H groups in total. The Hall–Kier alpha value is -1.93. The monoisotopic (exact) mass is 421 g/mol. The predicted molar refractivity (Wildman–Crippen MR) is 111 cm³/mol. The summed E-state index contributed by atoms with van der Waals surface area (Å²) >= 11 is 0. The molecule has 160 valence electrons. The first-order valence-corrected chi connectivity index (χ1v) is 12.0. The van der Waals surface area contributed by atoms with Crippen LogP contribution in [0.25, 0.3) is 0 Å². The van der Waals surface area contributed by atoms with E-state index in [0.29, 0.717) is 25.6 Å². The molecule has 0 radical (unpaired) electrons.